The molecule has 2 aromatic rings. The van der Waals surface area contributed by atoms with Crippen LogP contribution in [-0.2, 0) is 13.0 Å². The minimum absolute atomic E-state index is 0. The van der Waals surface area contributed by atoms with Crippen LogP contribution in [0.4, 0.5) is 0 Å². The highest BCUT2D eigenvalue weighted by molar-refractivity contribution is 14.0. The van der Waals surface area contributed by atoms with Crippen molar-refractivity contribution >= 4 is 29.9 Å². The van der Waals surface area contributed by atoms with E-state index in [-0.39, 0.29) is 30.0 Å². The van der Waals surface area contributed by atoms with Gasteiger partial charge < -0.3 is 14.6 Å². The quantitative estimate of drug-likeness (QED) is 0.412. The van der Waals surface area contributed by atoms with Crippen LogP contribution in [0.5, 0.6) is 0 Å². The van der Waals surface area contributed by atoms with Crippen molar-refractivity contribution in [2.45, 2.75) is 31.8 Å². The van der Waals surface area contributed by atoms with Crippen LogP contribution >= 0.6 is 24.0 Å². The molecule has 1 aromatic carbocycles. The lowest BCUT2D eigenvalue weighted by Crippen LogP contribution is -2.46. The van der Waals surface area contributed by atoms with Gasteiger partial charge in [-0.1, -0.05) is 24.3 Å². The fourth-order valence-electron chi connectivity index (χ4n) is 4.14. The molecule has 4 rings (SSSR count). The number of halogens is 1. The Morgan fingerprint density at radius 1 is 1.11 bits per heavy atom. The van der Waals surface area contributed by atoms with E-state index in [1.165, 1.54) is 24.0 Å². The highest BCUT2D eigenvalue weighted by Crippen LogP contribution is 2.25. The van der Waals surface area contributed by atoms with Crippen molar-refractivity contribution in [1.29, 1.82) is 0 Å². The van der Waals surface area contributed by atoms with Gasteiger partial charge in [-0.15, -0.1) is 24.0 Å². The Labute approximate surface area is 178 Å². The van der Waals surface area contributed by atoms with E-state index in [0.717, 1.165) is 50.9 Å². The Kier molecular flexibility index (Phi) is 7.18. The van der Waals surface area contributed by atoms with Gasteiger partial charge in [0, 0.05) is 26.7 Å². The van der Waals surface area contributed by atoms with Gasteiger partial charge in [0.1, 0.15) is 5.76 Å². The van der Waals surface area contributed by atoms with Crippen LogP contribution in [0, 0.1) is 0 Å². The molecule has 2 aliphatic rings. The number of guanidine groups is 1. The summed E-state index contributed by atoms with van der Waals surface area (Å²) in [6.07, 6.45) is 5.39. The number of furan rings is 1. The number of rotatable bonds is 4. The van der Waals surface area contributed by atoms with Crippen LogP contribution in [-0.4, -0.2) is 49.0 Å². The summed E-state index contributed by atoms with van der Waals surface area (Å²) in [6, 6.07) is 13.1. The van der Waals surface area contributed by atoms with Gasteiger partial charge >= 0.3 is 0 Å². The lowest BCUT2D eigenvalue weighted by molar-refractivity contribution is 0.213. The van der Waals surface area contributed by atoms with Gasteiger partial charge in [-0.05, 0) is 55.6 Å². The molecule has 146 valence electrons. The summed E-state index contributed by atoms with van der Waals surface area (Å²) in [6.45, 7) is 5.03. The molecule has 5 nitrogen and oxygen atoms in total. The Morgan fingerprint density at radius 2 is 1.89 bits per heavy atom. The summed E-state index contributed by atoms with van der Waals surface area (Å²) in [5.41, 5.74) is 2.87. The SMILES string of the molecule is CN=C(NCC(c1ccco1)N1CCCC1)N1CCc2ccccc2C1.I. The van der Waals surface area contributed by atoms with Crippen molar-refractivity contribution in [3.05, 3.63) is 59.5 Å². The van der Waals surface area contributed by atoms with Gasteiger partial charge in [-0.3, -0.25) is 9.89 Å². The highest BCUT2D eigenvalue weighted by atomic mass is 127. The lowest BCUT2D eigenvalue weighted by Gasteiger charge is -2.33. The summed E-state index contributed by atoms with van der Waals surface area (Å²) >= 11 is 0. The first-order chi connectivity index (χ1) is 12.8. The fraction of sp³-hybridized carbons (Fsp3) is 0.476. The molecule has 6 heteroatoms. The Bertz CT molecular complexity index is 740. The number of hydrogen-bond donors (Lipinski definition) is 1. The number of benzene rings is 1. The zero-order chi connectivity index (χ0) is 17.8. The van der Waals surface area contributed by atoms with Gasteiger partial charge in [0.15, 0.2) is 5.96 Å². The average molecular weight is 480 g/mol. The van der Waals surface area contributed by atoms with Crippen LogP contribution in [0.1, 0.15) is 35.8 Å². The summed E-state index contributed by atoms with van der Waals surface area (Å²) in [5, 5.41) is 3.61. The van der Waals surface area contributed by atoms with E-state index in [1.54, 1.807) is 6.26 Å². The van der Waals surface area contributed by atoms with E-state index < -0.39 is 0 Å². The van der Waals surface area contributed by atoms with Gasteiger partial charge in [0.25, 0.3) is 0 Å². The second-order valence-corrected chi connectivity index (χ2v) is 7.14. The van der Waals surface area contributed by atoms with E-state index in [2.05, 4.69) is 50.4 Å². The summed E-state index contributed by atoms with van der Waals surface area (Å²) in [5.74, 6) is 2.02. The van der Waals surface area contributed by atoms with Crippen molar-refractivity contribution in [2.24, 2.45) is 4.99 Å². The molecule has 1 N–H and O–H groups in total. The Hall–Kier alpha value is -1.54. The minimum Gasteiger partial charge on any atom is -0.468 e. The smallest absolute Gasteiger partial charge is 0.194 e. The third-order valence-electron chi connectivity index (χ3n) is 5.55. The highest BCUT2D eigenvalue weighted by Gasteiger charge is 2.26. The first-order valence-corrected chi connectivity index (χ1v) is 9.65. The molecular weight excluding hydrogens is 451 g/mol. The molecule has 3 heterocycles. The zero-order valence-corrected chi connectivity index (χ0v) is 18.3. The second-order valence-electron chi connectivity index (χ2n) is 7.14. The first kappa shape index (κ1) is 20.2. The van der Waals surface area contributed by atoms with E-state index in [4.69, 9.17) is 4.42 Å². The third kappa shape index (κ3) is 4.66. The maximum atomic E-state index is 5.73. The molecule has 1 saturated heterocycles. The predicted octanol–water partition coefficient (Wildman–Crippen LogP) is 3.67. The number of nitrogens with one attached hydrogen (secondary N) is 1. The van der Waals surface area contributed by atoms with Crippen LogP contribution in [0.25, 0.3) is 0 Å². The molecule has 0 aliphatic carbocycles. The molecule has 0 bridgehead atoms. The molecule has 2 aliphatic heterocycles. The third-order valence-corrected chi connectivity index (χ3v) is 5.55. The number of likely N-dealkylation sites (tertiary alicyclic amines) is 1. The second kappa shape index (κ2) is 9.59. The fourth-order valence-corrected chi connectivity index (χ4v) is 4.14. The maximum Gasteiger partial charge on any atom is 0.194 e. The molecule has 0 amide bonds. The van der Waals surface area contributed by atoms with Crippen molar-refractivity contribution < 1.29 is 4.42 Å². The molecule has 1 aromatic heterocycles. The molecule has 1 fully saturated rings. The molecule has 1 atom stereocenters. The first-order valence-electron chi connectivity index (χ1n) is 9.65. The van der Waals surface area contributed by atoms with E-state index in [9.17, 15) is 0 Å². The number of aliphatic imine (C=N–C) groups is 1. The van der Waals surface area contributed by atoms with Crippen molar-refractivity contribution in [3.8, 4) is 0 Å². The van der Waals surface area contributed by atoms with Crippen LogP contribution in [0.15, 0.2) is 52.1 Å². The van der Waals surface area contributed by atoms with Gasteiger partial charge in [0.2, 0.25) is 0 Å². The molecular formula is C21H29IN4O. The zero-order valence-electron chi connectivity index (χ0n) is 15.9. The number of fused-ring (bicyclic) bond motifs is 1. The van der Waals surface area contributed by atoms with Crippen LogP contribution in [0.2, 0.25) is 0 Å². The maximum absolute atomic E-state index is 5.73. The Morgan fingerprint density at radius 3 is 2.59 bits per heavy atom. The van der Waals surface area contributed by atoms with Gasteiger partial charge in [0.05, 0.1) is 12.3 Å². The van der Waals surface area contributed by atoms with E-state index in [1.807, 2.05) is 13.1 Å². The molecule has 0 saturated carbocycles. The molecule has 1 unspecified atom stereocenters. The standard InChI is InChI=1S/C21H28N4O.HI/c1-22-21(25-13-10-17-7-2-3-8-18(17)16-25)23-15-19(20-9-6-14-26-20)24-11-4-5-12-24;/h2-3,6-9,14,19H,4-5,10-13,15-16H2,1H3,(H,22,23);1H. The molecule has 27 heavy (non-hydrogen) atoms. The number of hydrogen-bond acceptors (Lipinski definition) is 3. The predicted molar refractivity (Wildman–Crippen MR) is 120 cm³/mol. The average Bonchev–Trinajstić information content (AvgIpc) is 3.39. The largest absolute Gasteiger partial charge is 0.468 e. The van der Waals surface area contributed by atoms with Gasteiger partial charge in [-0.25, -0.2) is 0 Å². The van der Waals surface area contributed by atoms with E-state index in [0.29, 0.717) is 0 Å². The van der Waals surface area contributed by atoms with Crippen LogP contribution < -0.4 is 5.32 Å². The monoisotopic (exact) mass is 480 g/mol. The molecule has 0 spiro atoms. The minimum atomic E-state index is 0. The number of nitrogens with zero attached hydrogens (tertiary/aromatic N) is 3. The van der Waals surface area contributed by atoms with Crippen molar-refractivity contribution in [2.75, 3.05) is 33.2 Å². The topological polar surface area (TPSA) is 44.0 Å². The Balaban J connectivity index is 0.00000210. The molecule has 0 radical (unpaired) electrons. The van der Waals surface area contributed by atoms with Crippen molar-refractivity contribution in [1.82, 2.24) is 15.1 Å². The normalized spacial score (nSPS) is 18.7. The van der Waals surface area contributed by atoms with E-state index >= 15 is 0 Å². The van der Waals surface area contributed by atoms with Gasteiger partial charge in [-0.2, -0.15) is 0 Å². The van der Waals surface area contributed by atoms with Crippen LogP contribution in [0.3, 0.4) is 0 Å². The van der Waals surface area contributed by atoms with Crippen molar-refractivity contribution in [3.63, 3.8) is 0 Å². The lowest BCUT2D eigenvalue weighted by atomic mass is 10.0. The summed E-state index contributed by atoms with van der Waals surface area (Å²) in [7, 11) is 1.88. The summed E-state index contributed by atoms with van der Waals surface area (Å²) < 4.78 is 5.73. The summed E-state index contributed by atoms with van der Waals surface area (Å²) in [4.78, 5) is 9.42.